The molecule has 0 amide bonds. The van der Waals surface area contributed by atoms with Crippen LogP contribution in [-0.4, -0.2) is 25.0 Å². The van der Waals surface area contributed by atoms with Crippen LogP contribution in [0.2, 0.25) is 0 Å². The molecule has 2 aromatic heterocycles. The summed E-state index contributed by atoms with van der Waals surface area (Å²) in [5.41, 5.74) is 1.58. The largest absolute Gasteiger partial charge is 0.329 e. The minimum absolute atomic E-state index is 0.515. The van der Waals surface area contributed by atoms with Gasteiger partial charge in [0.05, 0.1) is 6.33 Å². The van der Waals surface area contributed by atoms with Gasteiger partial charge in [0.1, 0.15) is 0 Å². The predicted molar refractivity (Wildman–Crippen MR) is 53.2 cm³/mol. The molecule has 0 aromatic carbocycles. The fourth-order valence-corrected chi connectivity index (χ4v) is 1.68. The van der Waals surface area contributed by atoms with Crippen molar-refractivity contribution in [2.75, 3.05) is 0 Å². The molecule has 2 heterocycles. The minimum Gasteiger partial charge on any atom is -0.329 e. The van der Waals surface area contributed by atoms with E-state index in [1.54, 1.807) is 6.33 Å². The van der Waals surface area contributed by atoms with E-state index < -0.39 is 0 Å². The highest BCUT2D eigenvalue weighted by molar-refractivity contribution is 7.71. The first kappa shape index (κ1) is 8.05. The fraction of sp³-hybridized carbons (Fsp3) is 0.500. The molecule has 1 aliphatic rings. The second-order valence-electron chi connectivity index (χ2n) is 3.62. The quantitative estimate of drug-likeness (QED) is 0.754. The van der Waals surface area contributed by atoms with Crippen LogP contribution in [0.5, 0.6) is 0 Å². The number of nitrogens with one attached hydrogen (secondary N) is 1. The van der Waals surface area contributed by atoms with Gasteiger partial charge in [-0.05, 0) is 18.8 Å². The molecular formula is C8H9N5S. The van der Waals surface area contributed by atoms with Crippen molar-refractivity contribution < 1.29 is 0 Å². The average molecular weight is 207 g/mol. The first-order chi connectivity index (χ1) is 6.84. The SMILES string of the molecule is S=c1nc[nH]c2c1nnn2CC1CC1. The van der Waals surface area contributed by atoms with Crippen molar-refractivity contribution in [3.63, 3.8) is 0 Å². The molecule has 0 atom stereocenters. The van der Waals surface area contributed by atoms with Gasteiger partial charge in [-0.15, -0.1) is 5.10 Å². The lowest BCUT2D eigenvalue weighted by atomic mass is 10.4. The van der Waals surface area contributed by atoms with Gasteiger partial charge in [0.25, 0.3) is 0 Å². The van der Waals surface area contributed by atoms with E-state index in [2.05, 4.69) is 20.3 Å². The minimum atomic E-state index is 0.515. The van der Waals surface area contributed by atoms with Crippen LogP contribution in [0, 0.1) is 10.6 Å². The van der Waals surface area contributed by atoms with Gasteiger partial charge < -0.3 is 4.98 Å². The van der Waals surface area contributed by atoms with Crippen LogP contribution in [-0.2, 0) is 6.54 Å². The van der Waals surface area contributed by atoms with Crippen molar-refractivity contribution in [3.05, 3.63) is 11.0 Å². The van der Waals surface area contributed by atoms with E-state index in [9.17, 15) is 0 Å². The molecular weight excluding hydrogens is 198 g/mol. The summed E-state index contributed by atoms with van der Waals surface area (Å²) in [5, 5.41) is 8.08. The van der Waals surface area contributed by atoms with E-state index in [1.165, 1.54) is 12.8 Å². The van der Waals surface area contributed by atoms with Crippen LogP contribution in [0.25, 0.3) is 11.2 Å². The molecule has 0 saturated heterocycles. The zero-order chi connectivity index (χ0) is 9.54. The third-order valence-corrected chi connectivity index (χ3v) is 2.75. The molecule has 3 rings (SSSR count). The lowest BCUT2D eigenvalue weighted by Crippen LogP contribution is -2.02. The monoisotopic (exact) mass is 207 g/mol. The molecule has 0 bridgehead atoms. The molecule has 72 valence electrons. The Morgan fingerprint density at radius 1 is 1.57 bits per heavy atom. The summed E-state index contributed by atoms with van der Waals surface area (Å²) in [5.74, 6) is 0.773. The first-order valence-electron chi connectivity index (χ1n) is 4.61. The van der Waals surface area contributed by atoms with Crippen LogP contribution in [0.3, 0.4) is 0 Å². The van der Waals surface area contributed by atoms with Crippen LogP contribution in [0.4, 0.5) is 0 Å². The summed E-state index contributed by atoms with van der Waals surface area (Å²) in [7, 11) is 0. The van der Waals surface area contributed by atoms with Gasteiger partial charge in [0.15, 0.2) is 15.8 Å². The highest BCUT2D eigenvalue weighted by Gasteiger charge is 2.23. The molecule has 0 radical (unpaired) electrons. The number of fused-ring (bicyclic) bond motifs is 1. The van der Waals surface area contributed by atoms with Crippen LogP contribution < -0.4 is 0 Å². The first-order valence-corrected chi connectivity index (χ1v) is 5.02. The number of hydrogen-bond donors (Lipinski definition) is 1. The Labute approximate surface area is 85.2 Å². The summed E-state index contributed by atoms with van der Waals surface area (Å²) in [6, 6.07) is 0. The zero-order valence-corrected chi connectivity index (χ0v) is 8.29. The molecule has 1 N–H and O–H groups in total. The molecule has 14 heavy (non-hydrogen) atoms. The summed E-state index contributed by atoms with van der Waals surface area (Å²) >= 11 is 5.05. The smallest absolute Gasteiger partial charge is 0.166 e. The number of aromatic nitrogens is 5. The maximum absolute atomic E-state index is 5.05. The van der Waals surface area contributed by atoms with Gasteiger partial charge in [0.2, 0.25) is 0 Å². The van der Waals surface area contributed by atoms with Crippen LogP contribution >= 0.6 is 12.2 Å². The molecule has 0 aliphatic heterocycles. The molecule has 6 heteroatoms. The summed E-state index contributed by atoms with van der Waals surface area (Å²) < 4.78 is 2.39. The maximum Gasteiger partial charge on any atom is 0.166 e. The molecule has 1 aliphatic carbocycles. The summed E-state index contributed by atoms with van der Waals surface area (Å²) in [4.78, 5) is 6.99. The predicted octanol–water partition coefficient (Wildman–Crippen LogP) is 1.29. The molecule has 2 aromatic rings. The van der Waals surface area contributed by atoms with E-state index in [0.29, 0.717) is 10.2 Å². The standard InChI is InChI=1S/C8H9N5S/c14-8-6-7(9-4-10-8)13(12-11-6)3-5-1-2-5/h4-5H,1-3H2,(H,9,10,14). The second-order valence-corrected chi connectivity index (χ2v) is 4.01. The van der Waals surface area contributed by atoms with E-state index in [0.717, 1.165) is 18.1 Å². The van der Waals surface area contributed by atoms with Crippen molar-refractivity contribution in [1.82, 2.24) is 25.0 Å². The Morgan fingerprint density at radius 2 is 2.43 bits per heavy atom. The number of H-pyrrole nitrogens is 1. The molecule has 1 saturated carbocycles. The highest BCUT2D eigenvalue weighted by Crippen LogP contribution is 2.30. The topological polar surface area (TPSA) is 59.4 Å². The van der Waals surface area contributed by atoms with Crippen LogP contribution in [0.1, 0.15) is 12.8 Å². The Morgan fingerprint density at radius 3 is 3.21 bits per heavy atom. The number of hydrogen-bond acceptors (Lipinski definition) is 4. The van der Waals surface area contributed by atoms with Gasteiger partial charge >= 0.3 is 0 Å². The van der Waals surface area contributed by atoms with E-state index in [-0.39, 0.29) is 0 Å². The van der Waals surface area contributed by atoms with Crippen molar-refractivity contribution in [2.24, 2.45) is 5.92 Å². The van der Waals surface area contributed by atoms with Crippen molar-refractivity contribution in [3.8, 4) is 0 Å². The van der Waals surface area contributed by atoms with E-state index >= 15 is 0 Å². The summed E-state index contributed by atoms with van der Waals surface area (Å²) in [6.45, 7) is 0.936. The number of nitrogens with zero attached hydrogens (tertiary/aromatic N) is 4. The Hall–Kier alpha value is -1.30. The van der Waals surface area contributed by atoms with Gasteiger partial charge in [0, 0.05) is 6.54 Å². The van der Waals surface area contributed by atoms with Crippen molar-refractivity contribution in [1.29, 1.82) is 0 Å². The Balaban J connectivity index is 2.15. The lowest BCUT2D eigenvalue weighted by Gasteiger charge is -1.98. The zero-order valence-electron chi connectivity index (χ0n) is 7.47. The second kappa shape index (κ2) is 2.84. The molecule has 0 spiro atoms. The van der Waals surface area contributed by atoms with Gasteiger partial charge in [-0.25, -0.2) is 9.67 Å². The lowest BCUT2D eigenvalue weighted by molar-refractivity contribution is 0.555. The van der Waals surface area contributed by atoms with Gasteiger partial charge in [-0.3, -0.25) is 0 Å². The van der Waals surface area contributed by atoms with E-state index in [4.69, 9.17) is 12.2 Å². The Kier molecular flexibility index (Phi) is 1.63. The third-order valence-electron chi connectivity index (χ3n) is 2.45. The average Bonchev–Trinajstić information content (AvgIpc) is 2.88. The highest BCUT2D eigenvalue weighted by atomic mass is 32.1. The summed E-state index contributed by atoms with van der Waals surface area (Å²) in [6.07, 6.45) is 4.19. The van der Waals surface area contributed by atoms with Crippen molar-refractivity contribution in [2.45, 2.75) is 19.4 Å². The van der Waals surface area contributed by atoms with Crippen LogP contribution in [0.15, 0.2) is 6.33 Å². The molecule has 1 fully saturated rings. The van der Waals surface area contributed by atoms with Gasteiger partial charge in [-0.1, -0.05) is 17.4 Å². The number of rotatable bonds is 2. The normalized spacial score (nSPS) is 16.3. The molecule has 0 unspecified atom stereocenters. The third kappa shape index (κ3) is 1.22. The molecule has 5 nitrogen and oxygen atoms in total. The fourth-order valence-electron chi connectivity index (χ4n) is 1.49. The Bertz CT molecular complexity index is 524. The maximum atomic E-state index is 5.05. The van der Waals surface area contributed by atoms with Crippen molar-refractivity contribution >= 4 is 23.4 Å². The van der Waals surface area contributed by atoms with E-state index in [1.807, 2.05) is 4.68 Å². The number of aromatic amines is 1. The van der Waals surface area contributed by atoms with Gasteiger partial charge in [-0.2, -0.15) is 0 Å².